The maximum absolute atomic E-state index is 5.64. The van der Waals surface area contributed by atoms with Crippen molar-refractivity contribution in [3.8, 4) is 0 Å². The molecule has 2 heterocycles. The SMILES string of the molecule is Cc1nn(C)c(CN2CCOC(CN)C2)c1Br.Cl. The maximum atomic E-state index is 5.64. The Morgan fingerprint density at radius 2 is 2.28 bits per heavy atom. The molecule has 2 N–H and O–H groups in total. The monoisotopic (exact) mass is 338 g/mol. The van der Waals surface area contributed by atoms with Crippen molar-refractivity contribution < 1.29 is 4.74 Å². The minimum Gasteiger partial charge on any atom is -0.374 e. The first-order chi connectivity index (χ1) is 8.11. The van der Waals surface area contributed by atoms with E-state index in [0.29, 0.717) is 6.54 Å². The summed E-state index contributed by atoms with van der Waals surface area (Å²) in [7, 11) is 1.98. The summed E-state index contributed by atoms with van der Waals surface area (Å²) in [5, 5.41) is 4.40. The van der Waals surface area contributed by atoms with E-state index in [0.717, 1.165) is 36.4 Å². The Balaban J connectivity index is 0.00000162. The first-order valence-corrected chi connectivity index (χ1v) is 6.63. The highest BCUT2D eigenvalue weighted by molar-refractivity contribution is 9.10. The molecule has 1 aliphatic heterocycles. The number of hydrogen-bond donors (Lipinski definition) is 1. The predicted molar refractivity (Wildman–Crippen MR) is 77.0 cm³/mol. The van der Waals surface area contributed by atoms with Crippen molar-refractivity contribution in [1.29, 1.82) is 0 Å². The lowest BCUT2D eigenvalue weighted by atomic mass is 10.2. The molecule has 0 radical (unpaired) electrons. The van der Waals surface area contributed by atoms with Crippen molar-refractivity contribution >= 4 is 28.3 Å². The normalized spacial score (nSPS) is 20.8. The van der Waals surface area contributed by atoms with Gasteiger partial charge in [-0.3, -0.25) is 9.58 Å². The van der Waals surface area contributed by atoms with E-state index in [1.807, 2.05) is 18.7 Å². The van der Waals surface area contributed by atoms with E-state index in [4.69, 9.17) is 10.5 Å². The van der Waals surface area contributed by atoms with Crippen LogP contribution in [0.1, 0.15) is 11.4 Å². The molecule has 0 spiro atoms. The van der Waals surface area contributed by atoms with Crippen molar-refractivity contribution in [3.05, 3.63) is 15.9 Å². The molecule has 0 aromatic carbocycles. The van der Waals surface area contributed by atoms with Gasteiger partial charge in [0.25, 0.3) is 0 Å². The van der Waals surface area contributed by atoms with Gasteiger partial charge in [0.2, 0.25) is 0 Å². The molecule has 1 unspecified atom stereocenters. The standard InChI is InChI=1S/C11H19BrN4O.ClH/c1-8-11(12)10(15(2)14-8)7-16-3-4-17-9(5-13)6-16;/h9H,3-7,13H2,1-2H3;1H. The summed E-state index contributed by atoms with van der Waals surface area (Å²) >= 11 is 3.59. The minimum atomic E-state index is 0. The fraction of sp³-hybridized carbons (Fsp3) is 0.727. The van der Waals surface area contributed by atoms with Gasteiger partial charge in [-0.2, -0.15) is 5.10 Å². The van der Waals surface area contributed by atoms with Crippen LogP contribution in [-0.2, 0) is 18.3 Å². The summed E-state index contributed by atoms with van der Waals surface area (Å²) in [5.74, 6) is 0. The molecule has 1 fully saturated rings. The Morgan fingerprint density at radius 1 is 1.56 bits per heavy atom. The zero-order chi connectivity index (χ0) is 12.4. The maximum Gasteiger partial charge on any atom is 0.0824 e. The highest BCUT2D eigenvalue weighted by Gasteiger charge is 2.21. The lowest BCUT2D eigenvalue weighted by Crippen LogP contribution is -2.45. The summed E-state index contributed by atoms with van der Waals surface area (Å²) in [5.41, 5.74) is 7.89. The summed E-state index contributed by atoms with van der Waals surface area (Å²) in [4.78, 5) is 2.36. The Labute approximate surface area is 122 Å². The molecule has 1 aromatic heterocycles. The molecule has 2 rings (SSSR count). The topological polar surface area (TPSA) is 56.3 Å². The highest BCUT2D eigenvalue weighted by atomic mass is 79.9. The van der Waals surface area contributed by atoms with E-state index in [1.54, 1.807) is 0 Å². The van der Waals surface area contributed by atoms with Gasteiger partial charge < -0.3 is 10.5 Å². The van der Waals surface area contributed by atoms with Crippen LogP contribution in [0.3, 0.4) is 0 Å². The van der Waals surface area contributed by atoms with Crippen LogP contribution >= 0.6 is 28.3 Å². The van der Waals surface area contributed by atoms with E-state index in [2.05, 4.69) is 25.9 Å². The first-order valence-electron chi connectivity index (χ1n) is 5.83. The molecule has 1 aromatic rings. The Bertz CT molecular complexity index is 399. The van der Waals surface area contributed by atoms with Crippen LogP contribution in [0.4, 0.5) is 0 Å². The van der Waals surface area contributed by atoms with Gasteiger partial charge in [-0.25, -0.2) is 0 Å². The third kappa shape index (κ3) is 3.45. The van der Waals surface area contributed by atoms with Crippen LogP contribution in [0.5, 0.6) is 0 Å². The number of hydrogen-bond acceptors (Lipinski definition) is 4. The van der Waals surface area contributed by atoms with E-state index in [9.17, 15) is 0 Å². The van der Waals surface area contributed by atoms with Gasteiger partial charge in [0, 0.05) is 33.2 Å². The van der Waals surface area contributed by atoms with E-state index >= 15 is 0 Å². The average molecular weight is 340 g/mol. The van der Waals surface area contributed by atoms with Gasteiger partial charge in [0.15, 0.2) is 0 Å². The number of halogens is 2. The number of ether oxygens (including phenoxy) is 1. The van der Waals surface area contributed by atoms with Crippen molar-refractivity contribution in [2.75, 3.05) is 26.2 Å². The molecule has 0 amide bonds. The zero-order valence-corrected chi connectivity index (χ0v) is 13.1. The first kappa shape index (κ1) is 15.9. The number of morpholine rings is 1. The highest BCUT2D eigenvalue weighted by Crippen LogP contribution is 2.22. The van der Waals surface area contributed by atoms with Crippen LogP contribution in [0.2, 0.25) is 0 Å². The Kier molecular flexibility index (Phi) is 6.07. The van der Waals surface area contributed by atoms with Crippen LogP contribution < -0.4 is 5.73 Å². The second-order valence-corrected chi connectivity index (χ2v) is 5.23. The average Bonchev–Trinajstić information content (AvgIpc) is 2.56. The van der Waals surface area contributed by atoms with Crippen LogP contribution in [-0.4, -0.2) is 47.0 Å². The van der Waals surface area contributed by atoms with E-state index < -0.39 is 0 Å². The lowest BCUT2D eigenvalue weighted by molar-refractivity contribution is -0.0267. The van der Waals surface area contributed by atoms with E-state index in [1.165, 1.54) is 5.69 Å². The van der Waals surface area contributed by atoms with Crippen LogP contribution in [0, 0.1) is 6.92 Å². The predicted octanol–water partition coefficient (Wildman–Crippen LogP) is 1.07. The number of rotatable bonds is 3. The van der Waals surface area contributed by atoms with E-state index in [-0.39, 0.29) is 18.5 Å². The van der Waals surface area contributed by atoms with Gasteiger partial charge in [-0.05, 0) is 22.9 Å². The molecule has 1 aliphatic rings. The third-order valence-corrected chi connectivity index (χ3v) is 4.15. The zero-order valence-electron chi connectivity index (χ0n) is 10.7. The van der Waals surface area contributed by atoms with Crippen molar-refractivity contribution in [1.82, 2.24) is 14.7 Å². The Hall–Kier alpha value is -0.140. The summed E-state index contributed by atoms with van der Waals surface area (Å²) < 4.78 is 8.60. The molecular formula is C11H20BrClN4O. The van der Waals surface area contributed by atoms with Crippen molar-refractivity contribution in [3.63, 3.8) is 0 Å². The van der Waals surface area contributed by atoms with Gasteiger partial charge in [0.1, 0.15) is 0 Å². The number of nitrogens with two attached hydrogens (primary N) is 1. The fourth-order valence-corrected chi connectivity index (χ4v) is 2.59. The summed E-state index contributed by atoms with van der Waals surface area (Å²) in [6, 6.07) is 0. The van der Waals surface area contributed by atoms with Gasteiger partial charge in [-0.1, -0.05) is 0 Å². The number of aromatic nitrogens is 2. The quantitative estimate of drug-likeness (QED) is 0.895. The second-order valence-electron chi connectivity index (χ2n) is 4.43. The smallest absolute Gasteiger partial charge is 0.0824 e. The largest absolute Gasteiger partial charge is 0.374 e. The lowest BCUT2D eigenvalue weighted by Gasteiger charge is -2.32. The number of aryl methyl sites for hydroxylation is 2. The van der Waals surface area contributed by atoms with Gasteiger partial charge in [0.05, 0.1) is 28.6 Å². The molecule has 1 atom stereocenters. The minimum absolute atomic E-state index is 0. The molecule has 18 heavy (non-hydrogen) atoms. The Morgan fingerprint density at radius 3 is 2.83 bits per heavy atom. The van der Waals surface area contributed by atoms with Gasteiger partial charge in [-0.15, -0.1) is 12.4 Å². The molecule has 1 saturated heterocycles. The van der Waals surface area contributed by atoms with Crippen molar-refractivity contribution in [2.45, 2.75) is 19.6 Å². The molecule has 104 valence electrons. The molecule has 0 saturated carbocycles. The molecule has 7 heteroatoms. The molecule has 0 bridgehead atoms. The molecule has 5 nitrogen and oxygen atoms in total. The molecule has 0 aliphatic carbocycles. The van der Waals surface area contributed by atoms with Gasteiger partial charge >= 0.3 is 0 Å². The number of nitrogens with zero attached hydrogens (tertiary/aromatic N) is 3. The second kappa shape index (κ2) is 6.86. The van der Waals surface area contributed by atoms with Crippen LogP contribution in [0.15, 0.2) is 4.47 Å². The molecular weight excluding hydrogens is 320 g/mol. The summed E-state index contributed by atoms with van der Waals surface area (Å²) in [6.45, 7) is 6.09. The summed E-state index contributed by atoms with van der Waals surface area (Å²) in [6.07, 6.45) is 0.164. The van der Waals surface area contributed by atoms with Crippen molar-refractivity contribution in [2.24, 2.45) is 12.8 Å². The fourth-order valence-electron chi connectivity index (χ4n) is 2.13. The van der Waals surface area contributed by atoms with Crippen LogP contribution in [0.25, 0.3) is 0 Å². The third-order valence-electron chi connectivity index (χ3n) is 3.12.